The minimum Gasteiger partial charge on any atom is -0.433 e. The molecule has 0 unspecified atom stereocenters. The molecule has 4 aromatic carbocycles. The molecule has 5 nitrogen and oxygen atoms in total. The summed E-state index contributed by atoms with van der Waals surface area (Å²) in [6.45, 7) is 3.14. The van der Waals surface area contributed by atoms with Crippen LogP contribution in [-0.2, 0) is 10.3 Å². The highest BCUT2D eigenvalue weighted by Crippen LogP contribution is 2.52. The van der Waals surface area contributed by atoms with Gasteiger partial charge in [0.05, 0.1) is 0 Å². The van der Waals surface area contributed by atoms with E-state index in [-0.39, 0.29) is 0 Å². The van der Waals surface area contributed by atoms with Crippen LogP contribution in [0.5, 0.6) is 0 Å². The Hall–Kier alpha value is -4.01. The highest BCUT2D eigenvalue weighted by atomic mass is 35.5. The summed E-state index contributed by atoms with van der Waals surface area (Å²) in [5.41, 5.74) is 5.64. The SMILES string of the molecule is O=C(NCC(F)(F)F)OC1(CCCCN2CCN(c3ccc(-c4ccccc4Cl)cc3)CC2)c2ccccc2-c2ccccc21. The molecular weight excluding hydrogens is 599 g/mol. The molecule has 0 spiro atoms. The zero-order valence-corrected chi connectivity index (χ0v) is 25.6. The van der Waals surface area contributed by atoms with Crippen molar-refractivity contribution in [1.82, 2.24) is 10.2 Å². The molecule has 1 amide bonds. The average molecular weight is 634 g/mol. The number of anilines is 1. The van der Waals surface area contributed by atoms with Gasteiger partial charge in [-0.15, -0.1) is 0 Å². The number of carbonyl (C=O) groups is 1. The first-order valence-electron chi connectivity index (χ1n) is 15.3. The van der Waals surface area contributed by atoms with Gasteiger partial charge in [0.15, 0.2) is 5.60 Å². The summed E-state index contributed by atoms with van der Waals surface area (Å²) < 4.78 is 44.5. The summed E-state index contributed by atoms with van der Waals surface area (Å²) in [4.78, 5) is 17.6. The van der Waals surface area contributed by atoms with E-state index in [2.05, 4.69) is 34.1 Å². The van der Waals surface area contributed by atoms with E-state index >= 15 is 0 Å². The average Bonchev–Trinajstić information content (AvgIpc) is 3.32. The molecule has 1 saturated heterocycles. The molecule has 0 atom stereocenters. The van der Waals surface area contributed by atoms with Crippen molar-refractivity contribution in [3.05, 3.63) is 113 Å². The smallest absolute Gasteiger partial charge is 0.408 e. The van der Waals surface area contributed by atoms with Crippen LogP contribution in [0.4, 0.5) is 23.7 Å². The quantitative estimate of drug-likeness (QED) is 0.188. The van der Waals surface area contributed by atoms with Gasteiger partial charge in [-0.2, -0.15) is 13.2 Å². The normalized spacial score (nSPS) is 15.8. The van der Waals surface area contributed by atoms with Crippen molar-refractivity contribution < 1.29 is 22.7 Å². The molecule has 2 aliphatic rings. The second-order valence-corrected chi connectivity index (χ2v) is 12.0. The van der Waals surface area contributed by atoms with Gasteiger partial charge in [0, 0.05) is 53.6 Å². The Labute approximate surface area is 266 Å². The Morgan fingerprint density at radius 2 is 1.36 bits per heavy atom. The van der Waals surface area contributed by atoms with Crippen LogP contribution in [0.25, 0.3) is 22.3 Å². The number of fused-ring (bicyclic) bond motifs is 3. The lowest BCUT2D eigenvalue weighted by molar-refractivity contribution is -0.124. The van der Waals surface area contributed by atoms with E-state index in [0.29, 0.717) is 6.42 Å². The molecule has 1 aliphatic heterocycles. The lowest BCUT2D eigenvalue weighted by Crippen LogP contribution is -2.46. The number of amides is 1. The predicted octanol–water partition coefficient (Wildman–Crippen LogP) is 8.51. The summed E-state index contributed by atoms with van der Waals surface area (Å²) in [5.74, 6) is 0. The number of halogens is 4. The second kappa shape index (κ2) is 13.2. The Balaban J connectivity index is 1.07. The maximum atomic E-state index is 12.9. The molecule has 6 rings (SSSR count). The third-order valence-electron chi connectivity index (χ3n) is 8.76. The molecule has 1 N–H and O–H groups in total. The van der Waals surface area contributed by atoms with E-state index in [1.807, 2.05) is 78.1 Å². The topological polar surface area (TPSA) is 44.8 Å². The van der Waals surface area contributed by atoms with Crippen molar-refractivity contribution in [2.45, 2.75) is 31.0 Å². The van der Waals surface area contributed by atoms with E-state index in [1.165, 1.54) is 5.69 Å². The molecule has 1 fully saturated rings. The van der Waals surface area contributed by atoms with Crippen LogP contribution in [0.2, 0.25) is 5.02 Å². The molecule has 0 bridgehead atoms. The van der Waals surface area contributed by atoms with E-state index in [4.69, 9.17) is 16.3 Å². The van der Waals surface area contributed by atoms with Crippen molar-refractivity contribution in [1.29, 1.82) is 0 Å². The summed E-state index contributed by atoms with van der Waals surface area (Å²) in [6, 6.07) is 31.7. The van der Waals surface area contributed by atoms with Gasteiger partial charge in [-0.25, -0.2) is 4.79 Å². The number of hydrogen-bond donors (Lipinski definition) is 1. The third kappa shape index (κ3) is 6.82. The number of piperazine rings is 1. The van der Waals surface area contributed by atoms with Gasteiger partial charge in [-0.1, -0.05) is 90.5 Å². The molecule has 1 heterocycles. The minimum atomic E-state index is -4.53. The fraction of sp³-hybridized carbons (Fsp3) is 0.306. The highest BCUT2D eigenvalue weighted by molar-refractivity contribution is 6.33. The molecule has 0 radical (unpaired) electrons. The fourth-order valence-corrected chi connectivity index (χ4v) is 6.81. The maximum absolute atomic E-state index is 12.9. The first-order valence-corrected chi connectivity index (χ1v) is 15.7. The van der Waals surface area contributed by atoms with Crippen LogP contribution in [0, 0.1) is 0 Å². The summed E-state index contributed by atoms with van der Waals surface area (Å²) in [7, 11) is 0. The Bertz CT molecular complexity index is 1590. The minimum absolute atomic E-state index is 0.470. The van der Waals surface area contributed by atoms with Crippen molar-refractivity contribution in [2.75, 3.05) is 44.2 Å². The summed E-state index contributed by atoms with van der Waals surface area (Å²) in [6.07, 6.45) is -3.53. The van der Waals surface area contributed by atoms with Crippen LogP contribution < -0.4 is 10.2 Å². The van der Waals surface area contributed by atoms with Crippen LogP contribution in [0.1, 0.15) is 30.4 Å². The standard InChI is InChI=1S/C36H35ClF3N3O2/c37-33-14-6-3-9-28(33)26-15-17-27(18-16-26)43-23-21-42(22-24-43)20-8-7-19-35(45-34(44)41-25-36(38,39)40)31-12-4-1-10-29(31)30-11-2-5-13-32(30)35/h1-6,9-18H,7-8,19-25H2,(H,41,44). The molecule has 0 aromatic heterocycles. The fourth-order valence-electron chi connectivity index (χ4n) is 6.57. The van der Waals surface area contributed by atoms with Crippen molar-refractivity contribution >= 4 is 23.4 Å². The van der Waals surface area contributed by atoms with Crippen LogP contribution >= 0.6 is 11.6 Å². The van der Waals surface area contributed by atoms with E-state index < -0.39 is 24.4 Å². The Morgan fingerprint density at radius 3 is 1.96 bits per heavy atom. The molecule has 4 aromatic rings. The first kappa shape index (κ1) is 31.0. The third-order valence-corrected chi connectivity index (χ3v) is 9.09. The van der Waals surface area contributed by atoms with Crippen molar-refractivity contribution in [3.63, 3.8) is 0 Å². The van der Waals surface area contributed by atoms with Crippen LogP contribution in [-0.4, -0.2) is 56.4 Å². The Kier molecular flexibility index (Phi) is 9.06. The molecule has 45 heavy (non-hydrogen) atoms. The molecule has 234 valence electrons. The number of nitrogens with one attached hydrogen (secondary N) is 1. The predicted molar refractivity (Wildman–Crippen MR) is 173 cm³/mol. The number of unbranched alkanes of at least 4 members (excludes halogenated alkanes) is 1. The van der Waals surface area contributed by atoms with Gasteiger partial charge in [-0.3, -0.25) is 4.90 Å². The summed E-state index contributed by atoms with van der Waals surface area (Å²) >= 11 is 6.38. The lowest BCUT2D eigenvalue weighted by atomic mass is 9.86. The molecular formula is C36H35ClF3N3O2. The number of alkyl carbamates (subject to hydrolysis) is 1. The number of nitrogens with zero attached hydrogens (tertiary/aromatic N) is 2. The number of rotatable bonds is 9. The molecule has 1 aliphatic carbocycles. The van der Waals surface area contributed by atoms with Crippen LogP contribution in [0.15, 0.2) is 97.1 Å². The molecule has 9 heteroatoms. The van der Waals surface area contributed by atoms with Crippen LogP contribution in [0.3, 0.4) is 0 Å². The highest BCUT2D eigenvalue weighted by Gasteiger charge is 2.46. The van der Waals surface area contributed by atoms with Gasteiger partial charge in [0.2, 0.25) is 0 Å². The van der Waals surface area contributed by atoms with Gasteiger partial charge >= 0.3 is 12.3 Å². The second-order valence-electron chi connectivity index (χ2n) is 11.6. The van der Waals surface area contributed by atoms with E-state index in [0.717, 1.165) is 84.0 Å². The maximum Gasteiger partial charge on any atom is 0.408 e. The lowest BCUT2D eigenvalue weighted by Gasteiger charge is -2.36. The number of carbonyl (C=O) groups excluding carboxylic acids is 1. The van der Waals surface area contributed by atoms with Gasteiger partial charge in [0.25, 0.3) is 0 Å². The van der Waals surface area contributed by atoms with E-state index in [9.17, 15) is 18.0 Å². The first-order chi connectivity index (χ1) is 21.7. The van der Waals surface area contributed by atoms with Gasteiger partial charge in [0.1, 0.15) is 6.54 Å². The van der Waals surface area contributed by atoms with Gasteiger partial charge < -0.3 is 15.0 Å². The number of hydrogen-bond acceptors (Lipinski definition) is 4. The number of alkyl halides is 3. The summed E-state index contributed by atoms with van der Waals surface area (Å²) in [5, 5.41) is 2.64. The molecule has 0 saturated carbocycles. The number of ether oxygens (including phenoxy) is 1. The van der Waals surface area contributed by atoms with Crippen molar-refractivity contribution in [2.24, 2.45) is 0 Å². The monoisotopic (exact) mass is 633 g/mol. The Morgan fingerprint density at radius 1 is 0.778 bits per heavy atom. The number of benzene rings is 4. The van der Waals surface area contributed by atoms with Crippen molar-refractivity contribution in [3.8, 4) is 22.3 Å². The zero-order valence-electron chi connectivity index (χ0n) is 24.8. The zero-order chi connectivity index (χ0) is 31.4. The largest absolute Gasteiger partial charge is 0.433 e. The van der Waals surface area contributed by atoms with E-state index in [1.54, 1.807) is 0 Å². The van der Waals surface area contributed by atoms with Gasteiger partial charge in [-0.05, 0) is 60.7 Å².